The lowest BCUT2D eigenvalue weighted by atomic mass is 9.54. The second-order valence-corrected chi connectivity index (χ2v) is 7.86. The van der Waals surface area contributed by atoms with Crippen LogP contribution in [0.1, 0.15) is 59.3 Å². The van der Waals surface area contributed by atoms with Gasteiger partial charge < -0.3 is 0 Å². The van der Waals surface area contributed by atoms with Gasteiger partial charge in [-0.2, -0.15) is 0 Å². The van der Waals surface area contributed by atoms with Crippen LogP contribution in [0.4, 0.5) is 0 Å². The van der Waals surface area contributed by atoms with Crippen molar-refractivity contribution in [3.05, 3.63) is 0 Å². The van der Waals surface area contributed by atoms with Crippen molar-refractivity contribution in [1.29, 1.82) is 0 Å². The van der Waals surface area contributed by atoms with Crippen LogP contribution < -0.4 is 0 Å². The molecule has 0 nitrogen and oxygen atoms in total. The Morgan fingerprint density at radius 2 is 1.94 bits per heavy atom. The molecule has 8 atom stereocenters. The van der Waals surface area contributed by atoms with Crippen molar-refractivity contribution in [2.45, 2.75) is 59.3 Å². The molecule has 0 spiro atoms. The summed E-state index contributed by atoms with van der Waals surface area (Å²) in [5.74, 6) is 8.15. The van der Waals surface area contributed by atoms with E-state index in [9.17, 15) is 0 Å². The van der Waals surface area contributed by atoms with Crippen LogP contribution in [0.25, 0.3) is 0 Å². The average Bonchev–Trinajstić information content (AvgIpc) is 3.18. The number of rotatable bonds is 4. The number of fused-ring (bicyclic) bond motifs is 5. The Hall–Kier alpha value is 0. The van der Waals surface area contributed by atoms with E-state index in [4.69, 9.17) is 0 Å². The Morgan fingerprint density at radius 1 is 1.12 bits per heavy atom. The molecule has 4 fully saturated rings. The molecule has 0 aromatic carbocycles. The minimum absolute atomic E-state index is 0.841. The summed E-state index contributed by atoms with van der Waals surface area (Å²) >= 11 is 0. The third-order valence-electron chi connectivity index (χ3n) is 7.35. The second kappa shape index (κ2) is 3.31. The smallest absolute Gasteiger partial charge is 0.0258 e. The van der Waals surface area contributed by atoms with Crippen molar-refractivity contribution in [2.24, 2.45) is 46.8 Å². The molecule has 4 aliphatic rings. The Labute approximate surface area is 107 Å². The van der Waals surface area contributed by atoms with Gasteiger partial charge in [0, 0.05) is 0 Å². The van der Waals surface area contributed by atoms with E-state index in [-0.39, 0.29) is 0 Å². The zero-order valence-corrected chi connectivity index (χ0v) is 11.8. The highest BCUT2D eigenvalue weighted by atomic mass is 14.8. The Bertz CT molecular complexity index is 329. The molecule has 0 saturated heterocycles. The van der Waals surface area contributed by atoms with Gasteiger partial charge in [-0.1, -0.05) is 40.0 Å². The lowest BCUT2D eigenvalue weighted by Gasteiger charge is -2.50. The lowest BCUT2D eigenvalue weighted by Crippen LogP contribution is -2.45. The minimum Gasteiger partial charge on any atom is -0.0654 e. The molecule has 4 saturated carbocycles. The first-order chi connectivity index (χ1) is 8.22. The zero-order valence-electron chi connectivity index (χ0n) is 11.8. The summed E-state index contributed by atoms with van der Waals surface area (Å²) in [5, 5.41) is 0. The standard InChI is InChI=1S/C17H28/c1-4-6-7-11-12-8-13-14-9-17(14,3)16(13)10(5-2)15(11)12/h10-16H,4-9H2,1-3H3. The predicted molar refractivity (Wildman–Crippen MR) is 71.6 cm³/mol. The summed E-state index contributed by atoms with van der Waals surface area (Å²) in [5.41, 5.74) is 0.841. The van der Waals surface area contributed by atoms with E-state index in [2.05, 4.69) is 20.8 Å². The minimum atomic E-state index is 0.841. The van der Waals surface area contributed by atoms with Crippen molar-refractivity contribution >= 4 is 0 Å². The third-order valence-corrected chi connectivity index (χ3v) is 7.35. The van der Waals surface area contributed by atoms with E-state index in [1.807, 2.05) is 0 Å². The summed E-state index contributed by atoms with van der Waals surface area (Å²) in [6, 6.07) is 0. The van der Waals surface area contributed by atoms with E-state index in [1.54, 1.807) is 19.3 Å². The molecule has 0 bridgehead atoms. The molecule has 0 heteroatoms. The highest BCUT2D eigenvalue weighted by molar-refractivity contribution is 5.25. The molecular weight excluding hydrogens is 204 g/mol. The highest BCUT2D eigenvalue weighted by Crippen LogP contribution is 2.83. The Morgan fingerprint density at radius 3 is 2.65 bits per heavy atom. The van der Waals surface area contributed by atoms with Gasteiger partial charge in [-0.25, -0.2) is 0 Å². The van der Waals surface area contributed by atoms with Gasteiger partial charge in [-0.3, -0.25) is 0 Å². The van der Waals surface area contributed by atoms with Gasteiger partial charge in [0.25, 0.3) is 0 Å². The van der Waals surface area contributed by atoms with Gasteiger partial charge >= 0.3 is 0 Å². The molecule has 4 rings (SSSR count). The van der Waals surface area contributed by atoms with Gasteiger partial charge in [-0.15, -0.1) is 0 Å². The van der Waals surface area contributed by atoms with Crippen molar-refractivity contribution in [3.8, 4) is 0 Å². The van der Waals surface area contributed by atoms with E-state index in [0.29, 0.717) is 0 Å². The van der Waals surface area contributed by atoms with Gasteiger partial charge in [-0.05, 0) is 66.1 Å². The summed E-state index contributed by atoms with van der Waals surface area (Å²) in [6.45, 7) is 7.42. The van der Waals surface area contributed by atoms with E-state index in [1.165, 1.54) is 42.9 Å². The van der Waals surface area contributed by atoms with Gasteiger partial charge in [0.2, 0.25) is 0 Å². The predicted octanol–water partition coefficient (Wildman–Crippen LogP) is 4.74. The quantitative estimate of drug-likeness (QED) is 0.656. The van der Waals surface area contributed by atoms with Crippen molar-refractivity contribution < 1.29 is 0 Å². The summed E-state index contributed by atoms with van der Waals surface area (Å²) in [4.78, 5) is 0. The molecule has 0 aromatic heterocycles. The van der Waals surface area contributed by atoms with E-state index >= 15 is 0 Å². The fraction of sp³-hybridized carbons (Fsp3) is 1.00. The molecule has 0 amide bonds. The maximum absolute atomic E-state index is 2.60. The summed E-state index contributed by atoms with van der Waals surface area (Å²) < 4.78 is 0. The van der Waals surface area contributed by atoms with Crippen molar-refractivity contribution in [1.82, 2.24) is 0 Å². The van der Waals surface area contributed by atoms with Crippen LogP contribution in [0.2, 0.25) is 0 Å². The van der Waals surface area contributed by atoms with Gasteiger partial charge in [0.15, 0.2) is 0 Å². The van der Waals surface area contributed by atoms with Crippen LogP contribution >= 0.6 is 0 Å². The van der Waals surface area contributed by atoms with Crippen molar-refractivity contribution in [2.75, 3.05) is 0 Å². The molecule has 0 N–H and O–H groups in total. The molecule has 8 unspecified atom stereocenters. The zero-order chi connectivity index (χ0) is 11.8. The number of hydrogen-bond acceptors (Lipinski definition) is 0. The largest absolute Gasteiger partial charge is 0.0654 e. The Kier molecular flexibility index (Phi) is 2.12. The van der Waals surface area contributed by atoms with Crippen LogP contribution in [0.3, 0.4) is 0 Å². The molecule has 0 heterocycles. The first-order valence-corrected chi connectivity index (χ1v) is 8.22. The fourth-order valence-electron chi connectivity index (χ4n) is 6.54. The SMILES string of the molecule is CCCCC1C2CC3C4CC4(C)C3C(CC)C12. The van der Waals surface area contributed by atoms with Crippen LogP contribution in [0.15, 0.2) is 0 Å². The normalized spacial score (nSPS) is 61.9. The van der Waals surface area contributed by atoms with Crippen molar-refractivity contribution in [3.63, 3.8) is 0 Å². The van der Waals surface area contributed by atoms with E-state index < -0.39 is 0 Å². The Balaban J connectivity index is 1.50. The van der Waals surface area contributed by atoms with Crippen LogP contribution in [-0.2, 0) is 0 Å². The molecule has 17 heavy (non-hydrogen) atoms. The topological polar surface area (TPSA) is 0 Å². The number of hydrogen-bond donors (Lipinski definition) is 0. The molecular formula is C17H28. The second-order valence-electron chi connectivity index (χ2n) is 7.86. The first-order valence-electron chi connectivity index (χ1n) is 8.22. The molecule has 4 aliphatic carbocycles. The number of unbranched alkanes of at least 4 members (excludes halogenated alkanes) is 1. The molecule has 0 radical (unpaired) electrons. The van der Waals surface area contributed by atoms with Gasteiger partial charge in [0.1, 0.15) is 0 Å². The first kappa shape index (κ1) is 10.9. The molecule has 96 valence electrons. The summed E-state index contributed by atoms with van der Waals surface area (Å²) in [6.07, 6.45) is 9.17. The van der Waals surface area contributed by atoms with Crippen LogP contribution in [0, 0.1) is 46.8 Å². The summed E-state index contributed by atoms with van der Waals surface area (Å²) in [7, 11) is 0. The maximum atomic E-state index is 2.60. The maximum Gasteiger partial charge on any atom is -0.0258 e. The van der Waals surface area contributed by atoms with E-state index in [0.717, 1.165) is 23.2 Å². The average molecular weight is 232 g/mol. The fourth-order valence-corrected chi connectivity index (χ4v) is 6.54. The lowest BCUT2D eigenvalue weighted by molar-refractivity contribution is -0.0267. The van der Waals surface area contributed by atoms with Gasteiger partial charge in [0.05, 0.1) is 0 Å². The van der Waals surface area contributed by atoms with Crippen LogP contribution in [-0.4, -0.2) is 0 Å². The molecule has 0 aliphatic heterocycles. The third kappa shape index (κ3) is 1.21. The highest BCUT2D eigenvalue weighted by Gasteiger charge is 2.77. The van der Waals surface area contributed by atoms with Crippen LogP contribution in [0.5, 0.6) is 0 Å². The monoisotopic (exact) mass is 232 g/mol. The molecule has 0 aromatic rings.